The van der Waals surface area contributed by atoms with Crippen molar-refractivity contribution in [2.24, 2.45) is 5.73 Å². The molecule has 8 heteroatoms. The molecule has 1 saturated heterocycles. The van der Waals surface area contributed by atoms with Gasteiger partial charge in [-0.1, -0.05) is 0 Å². The molecule has 0 bridgehead atoms. The van der Waals surface area contributed by atoms with Gasteiger partial charge in [0.15, 0.2) is 9.84 Å². The van der Waals surface area contributed by atoms with Crippen LogP contribution in [0.2, 0.25) is 0 Å². The molecule has 2 atom stereocenters. The van der Waals surface area contributed by atoms with Crippen molar-refractivity contribution < 1.29 is 23.1 Å². The van der Waals surface area contributed by atoms with Crippen molar-refractivity contribution in [3.05, 3.63) is 0 Å². The van der Waals surface area contributed by atoms with Crippen molar-refractivity contribution in [1.29, 1.82) is 0 Å². The van der Waals surface area contributed by atoms with E-state index in [0.29, 0.717) is 12.8 Å². The first-order valence-corrected chi connectivity index (χ1v) is 7.51. The molecule has 0 aromatic carbocycles. The summed E-state index contributed by atoms with van der Waals surface area (Å²) in [5.74, 6) is -1.35. The van der Waals surface area contributed by atoms with E-state index in [1.165, 1.54) is 0 Å². The number of sulfone groups is 1. The predicted octanol–water partition coefficient (Wildman–Crippen LogP) is -1.13. The van der Waals surface area contributed by atoms with Crippen LogP contribution in [0.15, 0.2) is 0 Å². The van der Waals surface area contributed by atoms with Crippen LogP contribution in [0.4, 0.5) is 0 Å². The summed E-state index contributed by atoms with van der Waals surface area (Å²) in [5.41, 5.74) is 5.49. The molecule has 0 radical (unpaired) electrons. The summed E-state index contributed by atoms with van der Waals surface area (Å²) in [6, 6.07) is -0.912. The Bertz CT molecular complexity index is 420. The number of carboxylic acids is 1. The number of nitrogens with two attached hydrogens (primary N) is 1. The first-order valence-electron chi connectivity index (χ1n) is 5.79. The van der Waals surface area contributed by atoms with E-state index in [1.54, 1.807) is 0 Å². The highest BCUT2D eigenvalue weighted by Crippen LogP contribution is 2.18. The second-order valence-corrected chi connectivity index (χ2v) is 6.82. The summed E-state index contributed by atoms with van der Waals surface area (Å²) < 4.78 is 23.0. The Morgan fingerprint density at radius 3 is 2.61 bits per heavy atom. The van der Waals surface area contributed by atoms with Crippen molar-refractivity contribution in [3.63, 3.8) is 0 Å². The second kappa shape index (κ2) is 6.14. The highest BCUT2D eigenvalue weighted by molar-refractivity contribution is 7.92. The molecule has 0 aromatic rings. The number of hydrogen-bond donors (Lipinski definition) is 3. The summed E-state index contributed by atoms with van der Waals surface area (Å²) in [5, 5.41) is 10.4. The lowest BCUT2D eigenvalue weighted by atomic mass is 10.1. The lowest BCUT2D eigenvalue weighted by Crippen LogP contribution is -2.44. The average Bonchev–Trinajstić information content (AvgIpc) is 2.62. The molecule has 1 fully saturated rings. The van der Waals surface area contributed by atoms with Crippen LogP contribution in [0.3, 0.4) is 0 Å². The zero-order valence-corrected chi connectivity index (χ0v) is 10.8. The smallest absolute Gasteiger partial charge is 0.303 e. The molecule has 0 spiro atoms. The van der Waals surface area contributed by atoms with Crippen molar-refractivity contribution in [3.8, 4) is 0 Å². The van der Waals surface area contributed by atoms with Crippen LogP contribution in [0.1, 0.15) is 25.7 Å². The highest BCUT2D eigenvalue weighted by Gasteiger charge is 2.31. The first-order chi connectivity index (χ1) is 8.33. The number of carbonyl (C=O) groups is 2. The number of carbonyl (C=O) groups excluding carboxylic acids is 1. The number of nitrogens with one attached hydrogen (secondary N) is 1. The monoisotopic (exact) mass is 278 g/mol. The van der Waals surface area contributed by atoms with Gasteiger partial charge in [0.05, 0.1) is 17.0 Å². The molecule has 1 aliphatic rings. The van der Waals surface area contributed by atoms with E-state index < -0.39 is 33.0 Å². The zero-order chi connectivity index (χ0) is 13.8. The van der Waals surface area contributed by atoms with Crippen LogP contribution in [0.25, 0.3) is 0 Å². The maximum Gasteiger partial charge on any atom is 0.303 e. The number of carboxylic acid groups (broad SMARTS) is 1. The van der Waals surface area contributed by atoms with Crippen molar-refractivity contribution in [1.82, 2.24) is 5.32 Å². The summed E-state index contributed by atoms with van der Waals surface area (Å²) >= 11 is 0. The van der Waals surface area contributed by atoms with Crippen molar-refractivity contribution in [2.75, 3.05) is 12.3 Å². The summed E-state index contributed by atoms with van der Waals surface area (Å²) in [4.78, 5) is 21.8. The molecule has 1 aliphatic heterocycles. The molecule has 1 amide bonds. The minimum absolute atomic E-state index is 0.0403. The minimum atomic E-state index is -3.08. The van der Waals surface area contributed by atoms with Gasteiger partial charge in [-0.05, 0) is 19.3 Å². The van der Waals surface area contributed by atoms with E-state index in [4.69, 9.17) is 10.8 Å². The maximum absolute atomic E-state index is 11.5. The van der Waals surface area contributed by atoms with E-state index in [0.717, 1.165) is 0 Å². The third-order valence-electron chi connectivity index (χ3n) is 2.97. The molecule has 1 heterocycles. The largest absolute Gasteiger partial charge is 0.481 e. The number of amides is 1. The molecule has 2 unspecified atom stereocenters. The van der Waals surface area contributed by atoms with Gasteiger partial charge in [-0.25, -0.2) is 8.42 Å². The fourth-order valence-corrected chi connectivity index (χ4v) is 3.61. The fraction of sp³-hybridized carbons (Fsp3) is 0.800. The van der Waals surface area contributed by atoms with Crippen LogP contribution < -0.4 is 11.1 Å². The van der Waals surface area contributed by atoms with Gasteiger partial charge in [0.25, 0.3) is 0 Å². The van der Waals surface area contributed by atoms with Crippen LogP contribution in [-0.2, 0) is 19.4 Å². The molecule has 1 rings (SSSR count). The third-order valence-corrected chi connectivity index (χ3v) is 5.25. The Labute approximate surface area is 106 Å². The van der Waals surface area contributed by atoms with Crippen LogP contribution in [0.5, 0.6) is 0 Å². The average molecular weight is 278 g/mol. The highest BCUT2D eigenvalue weighted by atomic mass is 32.2. The van der Waals surface area contributed by atoms with E-state index >= 15 is 0 Å². The number of rotatable bonds is 6. The molecule has 0 saturated carbocycles. The Kier molecular flexibility index (Phi) is 5.09. The van der Waals surface area contributed by atoms with Gasteiger partial charge < -0.3 is 16.2 Å². The number of aliphatic carboxylic acids is 1. The zero-order valence-electron chi connectivity index (χ0n) is 9.96. The molecule has 0 aromatic heterocycles. The molecule has 7 nitrogen and oxygen atoms in total. The molecule has 18 heavy (non-hydrogen) atoms. The number of hydrogen-bond acceptors (Lipinski definition) is 5. The Balaban J connectivity index is 2.34. The van der Waals surface area contributed by atoms with Crippen LogP contribution in [-0.4, -0.2) is 49.0 Å². The summed E-state index contributed by atoms with van der Waals surface area (Å²) in [7, 11) is -3.08. The Morgan fingerprint density at radius 2 is 2.11 bits per heavy atom. The van der Waals surface area contributed by atoms with Crippen molar-refractivity contribution in [2.45, 2.75) is 37.0 Å². The molecule has 104 valence electrons. The molecule has 0 aliphatic carbocycles. The van der Waals surface area contributed by atoms with Crippen LogP contribution >= 0.6 is 0 Å². The fourth-order valence-electron chi connectivity index (χ4n) is 1.84. The predicted molar refractivity (Wildman–Crippen MR) is 64.7 cm³/mol. The van der Waals surface area contributed by atoms with Gasteiger partial charge in [0.1, 0.15) is 0 Å². The standard InChI is InChI=1S/C10H18N2O5S/c11-8(3-4-9(13)14)10(15)12-6-7-2-1-5-18(7,16)17/h7-8H,1-6,11H2,(H,12,15)(H,13,14). The quantitative estimate of drug-likeness (QED) is 0.564. The SMILES string of the molecule is NC(CCC(=O)O)C(=O)NCC1CCCS1(=O)=O. The second-order valence-electron chi connectivity index (χ2n) is 4.42. The third kappa shape index (κ3) is 4.26. The normalized spacial score (nSPS) is 23.5. The lowest BCUT2D eigenvalue weighted by Gasteiger charge is -2.14. The van der Waals surface area contributed by atoms with Crippen LogP contribution in [0, 0.1) is 0 Å². The summed E-state index contributed by atoms with van der Waals surface area (Å²) in [6.45, 7) is 0.0575. The van der Waals surface area contributed by atoms with E-state index in [1.807, 2.05) is 0 Å². The lowest BCUT2D eigenvalue weighted by molar-refractivity contribution is -0.137. The van der Waals surface area contributed by atoms with Gasteiger partial charge >= 0.3 is 5.97 Å². The molecule has 4 N–H and O–H groups in total. The summed E-state index contributed by atoms with van der Waals surface area (Å²) in [6.07, 6.45) is 1.02. The Hall–Kier alpha value is -1.15. The van der Waals surface area contributed by atoms with Gasteiger partial charge in [0, 0.05) is 13.0 Å². The minimum Gasteiger partial charge on any atom is -0.481 e. The van der Waals surface area contributed by atoms with Gasteiger partial charge in [-0.2, -0.15) is 0 Å². The van der Waals surface area contributed by atoms with Gasteiger partial charge in [-0.15, -0.1) is 0 Å². The van der Waals surface area contributed by atoms with Crippen molar-refractivity contribution >= 4 is 21.7 Å². The maximum atomic E-state index is 11.5. The molecular formula is C10H18N2O5S. The van der Waals surface area contributed by atoms with E-state index in [2.05, 4.69) is 5.32 Å². The topological polar surface area (TPSA) is 127 Å². The Morgan fingerprint density at radius 1 is 1.44 bits per heavy atom. The van der Waals surface area contributed by atoms with Gasteiger partial charge in [-0.3, -0.25) is 9.59 Å². The van der Waals surface area contributed by atoms with E-state index in [9.17, 15) is 18.0 Å². The molecular weight excluding hydrogens is 260 g/mol. The van der Waals surface area contributed by atoms with E-state index in [-0.39, 0.29) is 25.1 Å². The van der Waals surface area contributed by atoms with Gasteiger partial charge in [0.2, 0.25) is 5.91 Å². The first kappa shape index (κ1) is 14.9.